The molecule has 2 aromatic rings. The maximum atomic E-state index is 12.3. The van der Waals surface area contributed by atoms with Crippen LogP contribution in [-0.4, -0.2) is 24.4 Å². The van der Waals surface area contributed by atoms with Crippen molar-refractivity contribution in [3.05, 3.63) is 72.3 Å². The van der Waals surface area contributed by atoms with Gasteiger partial charge in [-0.3, -0.25) is 14.6 Å². The number of hydrazine groups is 1. The lowest BCUT2D eigenvalue weighted by Gasteiger charge is -2.26. The summed E-state index contributed by atoms with van der Waals surface area (Å²) in [6, 6.07) is 19.5. The third-order valence-corrected chi connectivity index (χ3v) is 4.18. The number of rotatable bonds is 10. The van der Waals surface area contributed by atoms with E-state index < -0.39 is 5.54 Å². The molecule has 4 N–H and O–H groups in total. The van der Waals surface area contributed by atoms with Gasteiger partial charge < -0.3 is 10.6 Å². The fourth-order valence-corrected chi connectivity index (χ4v) is 2.81. The van der Waals surface area contributed by atoms with Crippen LogP contribution in [0.2, 0.25) is 0 Å². The van der Waals surface area contributed by atoms with Gasteiger partial charge in [-0.1, -0.05) is 54.6 Å². The predicted molar refractivity (Wildman–Crippen MR) is 113 cm³/mol. The Hall–Kier alpha value is -3.12. The molecule has 0 aromatic heterocycles. The van der Waals surface area contributed by atoms with Gasteiger partial charge in [0, 0.05) is 13.0 Å². The van der Waals surface area contributed by atoms with Crippen LogP contribution in [0.15, 0.2) is 66.7 Å². The molecule has 0 atom stereocenters. The highest BCUT2D eigenvalue weighted by Gasteiger charge is 2.19. The Labute approximate surface area is 166 Å². The lowest BCUT2D eigenvalue weighted by atomic mass is 10.0. The summed E-state index contributed by atoms with van der Waals surface area (Å²) in [6.45, 7) is 4.10. The van der Waals surface area contributed by atoms with Crippen molar-refractivity contribution in [2.45, 2.75) is 32.2 Å². The molecule has 0 heterocycles. The molecular weight excluding hydrogens is 352 g/mol. The third kappa shape index (κ3) is 6.55. The molecule has 148 valence electrons. The molecule has 0 saturated heterocycles. The largest absolute Gasteiger partial charge is 0.356 e. The molecule has 2 rings (SSSR count). The molecule has 0 fully saturated rings. The van der Waals surface area contributed by atoms with Gasteiger partial charge in [0.05, 0.1) is 16.9 Å². The Morgan fingerprint density at radius 1 is 1.07 bits per heavy atom. The number of anilines is 1. The molecule has 0 bridgehead atoms. The summed E-state index contributed by atoms with van der Waals surface area (Å²) in [4.78, 5) is 22.7. The van der Waals surface area contributed by atoms with E-state index in [-0.39, 0.29) is 5.91 Å². The second-order valence-electron chi connectivity index (χ2n) is 7.13. The monoisotopic (exact) mass is 380 g/mol. The van der Waals surface area contributed by atoms with E-state index in [1.54, 1.807) is 5.01 Å². The SMILES string of the molecule is CC(C)(CNC=O)NC(=O)CC/C=C(/c1ccccc1)N(N)c1ccccc1. The number of nitrogens with two attached hydrogens (primary N) is 1. The summed E-state index contributed by atoms with van der Waals surface area (Å²) in [7, 11) is 0. The number of carbonyl (C=O) groups is 2. The molecule has 0 radical (unpaired) electrons. The van der Waals surface area contributed by atoms with Crippen LogP contribution in [0, 0.1) is 0 Å². The second kappa shape index (κ2) is 10.3. The number of amides is 2. The van der Waals surface area contributed by atoms with Crippen LogP contribution in [0.25, 0.3) is 5.70 Å². The molecule has 0 spiro atoms. The molecule has 6 nitrogen and oxygen atoms in total. The van der Waals surface area contributed by atoms with E-state index in [9.17, 15) is 9.59 Å². The van der Waals surface area contributed by atoms with Crippen molar-refractivity contribution in [3.63, 3.8) is 0 Å². The van der Waals surface area contributed by atoms with Crippen LogP contribution < -0.4 is 21.5 Å². The van der Waals surface area contributed by atoms with E-state index in [1.807, 2.05) is 80.6 Å². The van der Waals surface area contributed by atoms with Crippen LogP contribution in [-0.2, 0) is 9.59 Å². The molecule has 0 aliphatic rings. The number of nitrogens with one attached hydrogen (secondary N) is 2. The number of carbonyl (C=O) groups excluding carboxylic acids is 2. The lowest BCUT2D eigenvalue weighted by molar-refractivity contribution is -0.122. The van der Waals surface area contributed by atoms with Gasteiger partial charge in [0.2, 0.25) is 12.3 Å². The van der Waals surface area contributed by atoms with Gasteiger partial charge in [0.15, 0.2) is 0 Å². The zero-order chi connectivity index (χ0) is 20.4. The van der Waals surface area contributed by atoms with Crippen molar-refractivity contribution >= 4 is 23.7 Å². The van der Waals surface area contributed by atoms with Gasteiger partial charge in [-0.2, -0.15) is 0 Å². The number of nitrogens with zero attached hydrogens (tertiary/aromatic N) is 1. The van der Waals surface area contributed by atoms with Crippen molar-refractivity contribution in [2.24, 2.45) is 5.84 Å². The lowest BCUT2D eigenvalue weighted by Crippen LogP contribution is -2.50. The Morgan fingerprint density at radius 2 is 1.68 bits per heavy atom. The van der Waals surface area contributed by atoms with E-state index in [0.717, 1.165) is 16.9 Å². The summed E-state index contributed by atoms with van der Waals surface area (Å²) >= 11 is 0. The summed E-state index contributed by atoms with van der Waals surface area (Å²) in [5, 5.41) is 7.15. The molecular formula is C22H28N4O2. The number of allylic oxidation sites excluding steroid dienone is 1. The van der Waals surface area contributed by atoms with E-state index >= 15 is 0 Å². The Bertz CT molecular complexity index is 789. The van der Waals surface area contributed by atoms with Gasteiger partial charge in [-0.05, 0) is 38.0 Å². The average Bonchev–Trinajstić information content (AvgIpc) is 2.70. The first-order chi connectivity index (χ1) is 13.4. The van der Waals surface area contributed by atoms with Crippen molar-refractivity contribution in [1.82, 2.24) is 10.6 Å². The normalized spacial score (nSPS) is 11.6. The molecule has 0 unspecified atom stereocenters. The van der Waals surface area contributed by atoms with Crippen molar-refractivity contribution in [1.29, 1.82) is 0 Å². The van der Waals surface area contributed by atoms with E-state index in [0.29, 0.717) is 25.8 Å². The standard InChI is InChI=1S/C22H28N4O2/c1-22(2,16-24-17-27)25-21(28)15-9-14-20(18-10-5-3-6-11-18)26(23)19-12-7-4-8-13-19/h3-8,10-14,17H,9,15-16,23H2,1-2H3,(H,24,27)(H,25,28)/b20-14-. The molecule has 6 heteroatoms. The molecule has 0 aliphatic carbocycles. The van der Waals surface area contributed by atoms with Crippen molar-refractivity contribution in [2.75, 3.05) is 11.6 Å². The zero-order valence-electron chi connectivity index (χ0n) is 16.4. The minimum absolute atomic E-state index is 0.0790. The quantitative estimate of drug-likeness (QED) is 0.336. The maximum absolute atomic E-state index is 12.3. The summed E-state index contributed by atoms with van der Waals surface area (Å²) in [5.74, 6) is 6.29. The topological polar surface area (TPSA) is 87.5 Å². The first-order valence-electron chi connectivity index (χ1n) is 9.26. The fraction of sp³-hybridized carbons (Fsp3) is 0.273. The molecule has 28 heavy (non-hydrogen) atoms. The van der Waals surface area contributed by atoms with E-state index in [4.69, 9.17) is 5.84 Å². The fourth-order valence-electron chi connectivity index (χ4n) is 2.81. The third-order valence-electron chi connectivity index (χ3n) is 4.18. The first kappa shape index (κ1) is 21.2. The smallest absolute Gasteiger partial charge is 0.220 e. The Morgan fingerprint density at radius 3 is 2.29 bits per heavy atom. The van der Waals surface area contributed by atoms with E-state index in [2.05, 4.69) is 10.6 Å². The van der Waals surface area contributed by atoms with Crippen LogP contribution in [0.1, 0.15) is 32.3 Å². The highest BCUT2D eigenvalue weighted by atomic mass is 16.1. The van der Waals surface area contributed by atoms with Crippen molar-refractivity contribution < 1.29 is 9.59 Å². The maximum Gasteiger partial charge on any atom is 0.220 e. The Balaban J connectivity index is 2.08. The average molecular weight is 380 g/mol. The van der Waals surface area contributed by atoms with E-state index in [1.165, 1.54) is 0 Å². The molecule has 2 amide bonds. The predicted octanol–water partition coefficient (Wildman–Crippen LogP) is 2.83. The zero-order valence-corrected chi connectivity index (χ0v) is 16.4. The number of benzene rings is 2. The summed E-state index contributed by atoms with van der Waals surface area (Å²) in [6.07, 6.45) is 3.46. The molecule has 2 aromatic carbocycles. The highest BCUT2D eigenvalue weighted by molar-refractivity contribution is 5.80. The van der Waals surface area contributed by atoms with Crippen LogP contribution >= 0.6 is 0 Å². The van der Waals surface area contributed by atoms with Crippen LogP contribution in [0.5, 0.6) is 0 Å². The Kier molecular flexibility index (Phi) is 7.77. The number of hydrogen-bond acceptors (Lipinski definition) is 4. The number of para-hydroxylation sites is 1. The second-order valence-corrected chi connectivity index (χ2v) is 7.13. The molecule has 0 aliphatic heterocycles. The van der Waals surface area contributed by atoms with Gasteiger partial charge in [-0.25, -0.2) is 5.84 Å². The minimum atomic E-state index is -0.506. The van der Waals surface area contributed by atoms with Crippen LogP contribution in [0.4, 0.5) is 5.69 Å². The first-order valence-corrected chi connectivity index (χ1v) is 9.26. The summed E-state index contributed by atoms with van der Waals surface area (Å²) in [5.41, 5.74) is 2.17. The van der Waals surface area contributed by atoms with Crippen molar-refractivity contribution in [3.8, 4) is 0 Å². The van der Waals surface area contributed by atoms with Gasteiger partial charge in [0.25, 0.3) is 0 Å². The minimum Gasteiger partial charge on any atom is -0.356 e. The van der Waals surface area contributed by atoms with Gasteiger partial charge in [0.1, 0.15) is 0 Å². The molecule has 0 saturated carbocycles. The van der Waals surface area contributed by atoms with Crippen LogP contribution in [0.3, 0.4) is 0 Å². The van der Waals surface area contributed by atoms with Gasteiger partial charge in [-0.15, -0.1) is 0 Å². The van der Waals surface area contributed by atoms with Gasteiger partial charge >= 0.3 is 0 Å². The number of hydrogen-bond donors (Lipinski definition) is 3. The highest BCUT2D eigenvalue weighted by Crippen LogP contribution is 2.23. The summed E-state index contributed by atoms with van der Waals surface area (Å²) < 4.78 is 0.